The molecule has 8 nitrogen and oxygen atoms in total. The minimum absolute atomic E-state index is 0.302. The molecule has 0 saturated carbocycles. The Morgan fingerprint density at radius 3 is 2.36 bits per heavy atom. The molecule has 0 amide bonds. The second kappa shape index (κ2) is 6.94. The smallest absolute Gasteiger partial charge is 0.332 e. The first-order valence-electron chi connectivity index (χ1n) is 9.52. The maximum Gasteiger partial charge on any atom is 0.332 e. The summed E-state index contributed by atoms with van der Waals surface area (Å²) in [5, 5.41) is 0. The normalized spacial score (nSPS) is 15.5. The van der Waals surface area contributed by atoms with E-state index in [-0.39, 0.29) is 11.2 Å². The quantitative estimate of drug-likeness (QED) is 0.671. The average Bonchev–Trinajstić information content (AvgIpc) is 3.11. The van der Waals surface area contributed by atoms with Gasteiger partial charge in [0.25, 0.3) is 5.56 Å². The maximum atomic E-state index is 12.6. The number of anilines is 1. The van der Waals surface area contributed by atoms with Gasteiger partial charge < -0.3 is 9.47 Å². The molecule has 3 aromatic rings. The van der Waals surface area contributed by atoms with E-state index in [1.807, 2.05) is 4.57 Å². The third-order valence-corrected chi connectivity index (χ3v) is 5.80. The molecular formula is C20H26N6O2. The lowest BCUT2D eigenvalue weighted by molar-refractivity contribution is 0.208. The highest BCUT2D eigenvalue weighted by atomic mass is 16.2. The fraction of sp³-hybridized carbons (Fsp3) is 0.450. The van der Waals surface area contributed by atoms with E-state index in [2.05, 4.69) is 46.8 Å². The molecule has 4 rings (SSSR count). The van der Waals surface area contributed by atoms with E-state index >= 15 is 0 Å². The predicted molar refractivity (Wildman–Crippen MR) is 110 cm³/mol. The second-order valence-corrected chi connectivity index (χ2v) is 7.61. The molecule has 0 N–H and O–H groups in total. The lowest BCUT2D eigenvalue weighted by atomic mass is 10.1. The van der Waals surface area contributed by atoms with Crippen LogP contribution in [0, 0.1) is 13.8 Å². The zero-order valence-electron chi connectivity index (χ0n) is 16.8. The molecule has 2 aromatic heterocycles. The molecule has 0 atom stereocenters. The van der Waals surface area contributed by atoms with E-state index in [1.54, 1.807) is 13.4 Å². The number of imidazole rings is 1. The lowest BCUT2D eigenvalue weighted by Crippen LogP contribution is -2.47. The van der Waals surface area contributed by atoms with Crippen molar-refractivity contribution < 1.29 is 0 Å². The van der Waals surface area contributed by atoms with Gasteiger partial charge in [-0.1, -0.05) is 6.07 Å². The summed E-state index contributed by atoms with van der Waals surface area (Å²) >= 11 is 0. The van der Waals surface area contributed by atoms with E-state index in [0.717, 1.165) is 30.7 Å². The van der Waals surface area contributed by atoms with Crippen LogP contribution in [0.4, 0.5) is 5.69 Å². The Labute approximate surface area is 163 Å². The van der Waals surface area contributed by atoms with Crippen LogP contribution < -0.4 is 16.1 Å². The summed E-state index contributed by atoms with van der Waals surface area (Å²) in [6.45, 7) is 8.54. The Morgan fingerprint density at radius 1 is 0.964 bits per heavy atom. The highest BCUT2D eigenvalue weighted by molar-refractivity contribution is 5.69. The van der Waals surface area contributed by atoms with Gasteiger partial charge in [-0.05, 0) is 37.1 Å². The van der Waals surface area contributed by atoms with Gasteiger partial charge in [-0.25, -0.2) is 9.78 Å². The van der Waals surface area contributed by atoms with E-state index in [1.165, 1.54) is 28.4 Å². The maximum absolute atomic E-state index is 12.6. The number of rotatable bonds is 3. The summed E-state index contributed by atoms with van der Waals surface area (Å²) in [6, 6.07) is 6.61. The summed E-state index contributed by atoms with van der Waals surface area (Å²) in [7, 11) is 3.15. The number of hydrogen-bond donors (Lipinski definition) is 0. The molecule has 1 aromatic carbocycles. The van der Waals surface area contributed by atoms with Crippen LogP contribution >= 0.6 is 0 Å². The third-order valence-electron chi connectivity index (χ3n) is 5.80. The fourth-order valence-corrected chi connectivity index (χ4v) is 3.79. The topological polar surface area (TPSA) is 68.3 Å². The zero-order chi connectivity index (χ0) is 20.0. The van der Waals surface area contributed by atoms with Gasteiger partial charge in [0, 0.05) is 46.0 Å². The van der Waals surface area contributed by atoms with Crippen LogP contribution in [0.25, 0.3) is 11.2 Å². The minimum atomic E-state index is -0.357. The Hall–Kier alpha value is -2.87. The number of aromatic nitrogens is 4. The molecule has 1 fully saturated rings. The fourth-order valence-electron chi connectivity index (χ4n) is 3.79. The number of nitrogens with zero attached hydrogens (tertiary/aromatic N) is 6. The van der Waals surface area contributed by atoms with Gasteiger partial charge >= 0.3 is 5.69 Å². The molecule has 0 spiro atoms. The van der Waals surface area contributed by atoms with Crippen molar-refractivity contribution in [1.29, 1.82) is 0 Å². The number of fused-ring (bicyclic) bond motifs is 1. The highest BCUT2D eigenvalue weighted by Gasteiger charge is 2.20. The number of hydrogen-bond acceptors (Lipinski definition) is 5. The lowest BCUT2D eigenvalue weighted by Gasteiger charge is -2.36. The van der Waals surface area contributed by atoms with Crippen LogP contribution in [0.3, 0.4) is 0 Å². The van der Waals surface area contributed by atoms with Gasteiger partial charge in [0.1, 0.15) is 0 Å². The summed E-state index contributed by atoms with van der Waals surface area (Å²) < 4.78 is 4.41. The molecule has 1 saturated heterocycles. The Kier molecular flexibility index (Phi) is 4.58. The third kappa shape index (κ3) is 3.03. The molecule has 148 valence electrons. The second-order valence-electron chi connectivity index (χ2n) is 7.61. The summed E-state index contributed by atoms with van der Waals surface area (Å²) in [5.74, 6) is 0. The Balaban J connectivity index is 1.52. The molecule has 1 aliphatic rings. The van der Waals surface area contributed by atoms with E-state index < -0.39 is 0 Å². The van der Waals surface area contributed by atoms with Crippen LogP contribution in [0.5, 0.6) is 0 Å². The van der Waals surface area contributed by atoms with Crippen molar-refractivity contribution in [2.75, 3.05) is 31.1 Å². The van der Waals surface area contributed by atoms with E-state index in [4.69, 9.17) is 0 Å². The van der Waals surface area contributed by atoms with Gasteiger partial charge in [-0.3, -0.25) is 18.8 Å². The highest BCUT2D eigenvalue weighted by Crippen LogP contribution is 2.20. The summed E-state index contributed by atoms with van der Waals surface area (Å²) in [5.41, 5.74) is 4.13. The van der Waals surface area contributed by atoms with Crippen molar-refractivity contribution in [2.24, 2.45) is 14.1 Å². The van der Waals surface area contributed by atoms with E-state index in [9.17, 15) is 9.59 Å². The van der Waals surface area contributed by atoms with Crippen LogP contribution in [0.15, 0.2) is 34.1 Å². The van der Waals surface area contributed by atoms with Crippen LogP contribution in [0.2, 0.25) is 0 Å². The first-order valence-corrected chi connectivity index (χ1v) is 9.52. The van der Waals surface area contributed by atoms with E-state index in [0.29, 0.717) is 17.8 Å². The molecule has 0 aliphatic carbocycles. The van der Waals surface area contributed by atoms with Crippen LogP contribution in [0.1, 0.15) is 11.1 Å². The van der Waals surface area contributed by atoms with Gasteiger partial charge in [0.2, 0.25) is 0 Å². The van der Waals surface area contributed by atoms with Gasteiger partial charge in [0.15, 0.2) is 11.2 Å². The summed E-state index contributed by atoms with van der Waals surface area (Å²) in [4.78, 5) is 33.7. The number of benzene rings is 1. The van der Waals surface area contributed by atoms with Crippen molar-refractivity contribution in [3.8, 4) is 0 Å². The number of piperazine rings is 1. The standard InChI is InChI=1S/C20H26N6O2/c1-14-5-6-16(11-15(14)2)25-9-7-24(8-10-25)13-26-12-21-18-17(26)19(27)23(4)20(28)22(18)3/h5-6,11-12H,7-10,13H2,1-4H3. The Morgan fingerprint density at radius 2 is 1.68 bits per heavy atom. The average molecular weight is 382 g/mol. The summed E-state index contributed by atoms with van der Waals surface area (Å²) in [6.07, 6.45) is 1.65. The molecule has 3 heterocycles. The number of aryl methyl sites for hydroxylation is 3. The van der Waals surface area contributed by atoms with Crippen LogP contribution in [-0.4, -0.2) is 49.8 Å². The minimum Gasteiger partial charge on any atom is -0.369 e. The molecule has 28 heavy (non-hydrogen) atoms. The SMILES string of the molecule is Cc1ccc(N2CCN(Cn3cnc4c3c(=O)n(C)c(=O)n4C)CC2)cc1C. The molecule has 1 aliphatic heterocycles. The largest absolute Gasteiger partial charge is 0.369 e. The van der Waals surface area contributed by atoms with Crippen molar-refractivity contribution in [3.05, 3.63) is 56.5 Å². The molecule has 0 radical (unpaired) electrons. The van der Waals surface area contributed by atoms with Crippen molar-refractivity contribution in [3.63, 3.8) is 0 Å². The first kappa shape index (κ1) is 18.5. The van der Waals surface area contributed by atoms with Gasteiger partial charge in [-0.2, -0.15) is 0 Å². The van der Waals surface area contributed by atoms with Gasteiger partial charge in [0.05, 0.1) is 13.0 Å². The first-order chi connectivity index (χ1) is 13.4. The van der Waals surface area contributed by atoms with Crippen molar-refractivity contribution in [1.82, 2.24) is 23.6 Å². The molecule has 0 bridgehead atoms. The molecule has 8 heteroatoms. The van der Waals surface area contributed by atoms with Crippen molar-refractivity contribution in [2.45, 2.75) is 20.5 Å². The van der Waals surface area contributed by atoms with Crippen molar-refractivity contribution >= 4 is 16.9 Å². The molecule has 0 unspecified atom stereocenters. The van der Waals surface area contributed by atoms with Gasteiger partial charge in [-0.15, -0.1) is 0 Å². The monoisotopic (exact) mass is 382 g/mol. The Bertz CT molecular complexity index is 1150. The molecular weight excluding hydrogens is 356 g/mol. The predicted octanol–water partition coefficient (Wildman–Crippen LogP) is 0.830. The van der Waals surface area contributed by atoms with Crippen LogP contribution in [-0.2, 0) is 20.8 Å². The zero-order valence-corrected chi connectivity index (χ0v) is 16.8.